The number of carbonyl (C=O) groups excluding carboxylic acids is 1. The average Bonchev–Trinajstić information content (AvgIpc) is 2.98. The summed E-state index contributed by atoms with van der Waals surface area (Å²) in [4.78, 5) is 14.0. The summed E-state index contributed by atoms with van der Waals surface area (Å²) in [5, 5.41) is 0. The fourth-order valence-electron chi connectivity index (χ4n) is 3.50. The molecule has 0 saturated carbocycles. The number of amides is 1. The van der Waals surface area contributed by atoms with Gasteiger partial charge in [0.15, 0.2) is 0 Å². The fourth-order valence-corrected chi connectivity index (χ4v) is 3.50. The lowest BCUT2D eigenvalue weighted by molar-refractivity contribution is 0.103. The van der Waals surface area contributed by atoms with Gasteiger partial charge in [-0.05, 0) is 62.8 Å². The standard InChI is InChI=1S/C20H23NO2/c1-3-23-20(22)21-13-12-18-17(8-5-9-19(18)21)11-10-16-7-4-6-15(2)14-16/h4,6-7,14,19H,3,5,8-9,12-13H2,1-2H3. The molecule has 1 fully saturated rings. The maximum atomic E-state index is 12.1. The van der Waals surface area contributed by atoms with Crippen LogP contribution < -0.4 is 0 Å². The molecule has 3 nitrogen and oxygen atoms in total. The van der Waals surface area contributed by atoms with Crippen LogP contribution >= 0.6 is 0 Å². The Morgan fingerprint density at radius 3 is 3.00 bits per heavy atom. The summed E-state index contributed by atoms with van der Waals surface area (Å²) >= 11 is 0. The Morgan fingerprint density at radius 2 is 2.22 bits per heavy atom. The van der Waals surface area contributed by atoms with E-state index in [2.05, 4.69) is 30.9 Å². The molecular formula is C20H23NO2. The van der Waals surface area contributed by atoms with E-state index in [-0.39, 0.29) is 12.1 Å². The molecule has 23 heavy (non-hydrogen) atoms. The first-order valence-corrected chi connectivity index (χ1v) is 8.43. The highest BCUT2D eigenvalue weighted by Crippen LogP contribution is 2.36. The van der Waals surface area contributed by atoms with Crippen molar-refractivity contribution in [3.8, 4) is 11.8 Å². The second-order valence-electron chi connectivity index (χ2n) is 6.17. The molecule has 0 N–H and O–H groups in total. The molecule has 2 aliphatic rings. The summed E-state index contributed by atoms with van der Waals surface area (Å²) in [5.74, 6) is 6.67. The third-order valence-electron chi connectivity index (χ3n) is 4.57. The van der Waals surface area contributed by atoms with E-state index in [0.717, 1.165) is 37.8 Å². The Bertz CT molecular complexity index is 693. The Balaban J connectivity index is 1.83. The summed E-state index contributed by atoms with van der Waals surface area (Å²) < 4.78 is 5.18. The Labute approximate surface area is 138 Å². The molecule has 1 aromatic rings. The van der Waals surface area contributed by atoms with Crippen molar-refractivity contribution in [1.82, 2.24) is 4.90 Å². The van der Waals surface area contributed by atoms with Crippen molar-refractivity contribution in [3.05, 3.63) is 46.5 Å². The van der Waals surface area contributed by atoms with E-state index in [1.54, 1.807) is 0 Å². The van der Waals surface area contributed by atoms with E-state index in [9.17, 15) is 4.79 Å². The van der Waals surface area contributed by atoms with Crippen molar-refractivity contribution >= 4 is 6.09 Å². The zero-order valence-corrected chi connectivity index (χ0v) is 13.9. The third kappa shape index (κ3) is 3.42. The van der Waals surface area contributed by atoms with Gasteiger partial charge in [-0.3, -0.25) is 0 Å². The predicted molar refractivity (Wildman–Crippen MR) is 91.1 cm³/mol. The van der Waals surface area contributed by atoms with Crippen LogP contribution in [0.3, 0.4) is 0 Å². The number of ether oxygens (including phenoxy) is 1. The number of benzene rings is 1. The number of allylic oxidation sites excluding steroid dienone is 1. The highest BCUT2D eigenvalue weighted by Gasteiger charge is 2.36. The minimum Gasteiger partial charge on any atom is -0.450 e. The molecule has 0 bridgehead atoms. The van der Waals surface area contributed by atoms with E-state index in [1.807, 2.05) is 24.0 Å². The largest absolute Gasteiger partial charge is 0.450 e. The number of rotatable bonds is 1. The number of likely N-dealkylation sites (tertiary alicyclic amines) is 1. The van der Waals surface area contributed by atoms with Gasteiger partial charge >= 0.3 is 6.09 Å². The first kappa shape index (κ1) is 15.7. The molecule has 0 aromatic heterocycles. The Kier molecular flexibility index (Phi) is 4.71. The normalized spacial score (nSPS) is 19.9. The summed E-state index contributed by atoms with van der Waals surface area (Å²) in [5.41, 5.74) is 4.87. The molecule has 1 aromatic carbocycles. The van der Waals surface area contributed by atoms with Gasteiger partial charge < -0.3 is 9.64 Å². The maximum Gasteiger partial charge on any atom is 0.410 e. The Morgan fingerprint density at radius 1 is 1.35 bits per heavy atom. The predicted octanol–water partition coefficient (Wildman–Crippen LogP) is 4.06. The summed E-state index contributed by atoms with van der Waals surface area (Å²) in [6.45, 7) is 5.12. The van der Waals surface area contributed by atoms with Crippen LogP contribution in [-0.4, -0.2) is 30.2 Å². The van der Waals surface area contributed by atoms with E-state index in [1.165, 1.54) is 16.7 Å². The van der Waals surface area contributed by atoms with Crippen LogP contribution in [0, 0.1) is 18.8 Å². The highest BCUT2D eigenvalue weighted by molar-refractivity contribution is 5.70. The first-order chi connectivity index (χ1) is 11.2. The van der Waals surface area contributed by atoms with Crippen molar-refractivity contribution in [3.63, 3.8) is 0 Å². The van der Waals surface area contributed by atoms with Crippen molar-refractivity contribution < 1.29 is 9.53 Å². The third-order valence-corrected chi connectivity index (χ3v) is 4.57. The van der Waals surface area contributed by atoms with Gasteiger partial charge in [0.2, 0.25) is 0 Å². The number of nitrogens with zero attached hydrogens (tertiary/aromatic N) is 1. The molecule has 3 rings (SSSR count). The molecule has 1 unspecified atom stereocenters. The minimum atomic E-state index is -0.180. The van der Waals surface area contributed by atoms with Gasteiger partial charge in [0.05, 0.1) is 12.6 Å². The van der Waals surface area contributed by atoms with Gasteiger partial charge in [-0.2, -0.15) is 0 Å². The monoisotopic (exact) mass is 309 g/mol. The van der Waals surface area contributed by atoms with Crippen LogP contribution in [0.1, 0.15) is 43.7 Å². The van der Waals surface area contributed by atoms with Crippen LogP contribution in [0.15, 0.2) is 35.4 Å². The summed E-state index contributed by atoms with van der Waals surface area (Å²) in [7, 11) is 0. The van der Waals surface area contributed by atoms with Crippen LogP contribution in [0.4, 0.5) is 4.79 Å². The van der Waals surface area contributed by atoms with Crippen LogP contribution in [-0.2, 0) is 4.74 Å². The second-order valence-corrected chi connectivity index (χ2v) is 6.17. The quantitative estimate of drug-likeness (QED) is 0.732. The molecule has 1 amide bonds. The van der Waals surface area contributed by atoms with Crippen LogP contribution in [0.25, 0.3) is 0 Å². The van der Waals surface area contributed by atoms with Gasteiger partial charge in [-0.15, -0.1) is 0 Å². The van der Waals surface area contributed by atoms with Crippen molar-refractivity contribution in [2.24, 2.45) is 0 Å². The molecule has 1 heterocycles. The van der Waals surface area contributed by atoms with Crippen molar-refractivity contribution in [1.29, 1.82) is 0 Å². The highest BCUT2D eigenvalue weighted by atomic mass is 16.6. The molecule has 1 aliphatic carbocycles. The minimum absolute atomic E-state index is 0.180. The van der Waals surface area contributed by atoms with Gasteiger partial charge in [0, 0.05) is 17.7 Å². The fraction of sp³-hybridized carbons (Fsp3) is 0.450. The Hall–Kier alpha value is -2.21. The maximum absolute atomic E-state index is 12.1. The summed E-state index contributed by atoms with van der Waals surface area (Å²) in [6, 6.07) is 8.48. The molecule has 3 heteroatoms. The molecular weight excluding hydrogens is 286 g/mol. The number of fused-ring (bicyclic) bond motifs is 1. The average molecular weight is 309 g/mol. The van der Waals surface area contributed by atoms with Crippen LogP contribution in [0.2, 0.25) is 0 Å². The van der Waals surface area contributed by atoms with Gasteiger partial charge in [0.1, 0.15) is 0 Å². The van der Waals surface area contributed by atoms with E-state index < -0.39 is 0 Å². The zero-order chi connectivity index (χ0) is 16.2. The van der Waals surface area contributed by atoms with Crippen LogP contribution in [0.5, 0.6) is 0 Å². The van der Waals surface area contributed by atoms with Gasteiger partial charge in [0.25, 0.3) is 0 Å². The number of aryl methyl sites for hydroxylation is 1. The SMILES string of the molecule is CCOC(=O)N1CCC2=C(C#Cc3cccc(C)c3)CCCC21. The number of carbonyl (C=O) groups is 1. The molecule has 0 radical (unpaired) electrons. The van der Waals surface area contributed by atoms with Gasteiger partial charge in [-0.25, -0.2) is 4.79 Å². The van der Waals surface area contributed by atoms with E-state index in [0.29, 0.717) is 6.61 Å². The van der Waals surface area contributed by atoms with Crippen molar-refractivity contribution in [2.45, 2.75) is 45.6 Å². The van der Waals surface area contributed by atoms with E-state index >= 15 is 0 Å². The lowest BCUT2D eigenvalue weighted by atomic mass is 9.88. The topological polar surface area (TPSA) is 29.5 Å². The first-order valence-electron chi connectivity index (χ1n) is 8.43. The van der Waals surface area contributed by atoms with Crippen molar-refractivity contribution in [2.75, 3.05) is 13.2 Å². The smallest absolute Gasteiger partial charge is 0.410 e. The zero-order valence-electron chi connectivity index (χ0n) is 13.9. The molecule has 1 atom stereocenters. The number of hydrogen-bond donors (Lipinski definition) is 0. The van der Waals surface area contributed by atoms with E-state index in [4.69, 9.17) is 4.74 Å². The lowest BCUT2D eigenvalue weighted by Crippen LogP contribution is -2.37. The second kappa shape index (κ2) is 6.91. The number of hydrogen-bond acceptors (Lipinski definition) is 2. The lowest BCUT2D eigenvalue weighted by Gasteiger charge is -2.28. The molecule has 1 aliphatic heterocycles. The molecule has 120 valence electrons. The molecule has 1 saturated heterocycles. The van der Waals surface area contributed by atoms with Gasteiger partial charge in [-0.1, -0.05) is 24.0 Å². The summed E-state index contributed by atoms with van der Waals surface area (Å²) in [6.07, 6.45) is 3.90. The molecule has 0 spiro atoms.